The molecule has 8 heteroatoms. The third kappa shape index (κ3) is 5.01. The summed E-state index contributed by atoms with van der Waals surface area (Å²) in [5.74, 6) is -0.497. The lowest BCUT2D eigenvalue weighted by Crippen LogP contribution is -2.39. The molecule has 0 atom stereocenters. The Kier molecular flexibility index (Phi) is 6.31. The predicted octanol–water partition coefficient (Wildman–Crippen LogP) is 1.56. The molecule has 0 unspecified atom stereocenters. The molecule has 0 radical (unpaired) electrons. The summed E-state index contributed by atoms with van der Waals surface area (Å²) in [6, 6.07) is 6.58. The van der Waals surface area contributed by atoms with Crippen molar-refractivity contribution in [1.82, 2.24) is 14.5 Å². The largest absolute Gasteiger partial charge is 0.349 e. The monoisotopic (exact) mass is 398 g/mol. The first-order valence-electron chi connectivity index (χ1n) is 9.83. The molecular weight excluding hydrogens is 372 g/mol. The number of aryl methyl sites for hydroxylation is 1. The van der Waals surface area contributed by atoms with Gasteiger partial charge >= 0.3 is 5.69 Å². The number of carbonyl (C=O) groups excluding carboxylic acids is 2. The van der Waals surface area contributed by atoms with Crippen LogP contribution in [0.25, 0.3) is 0 Å². The van der Waals surface area contributed by atoms with Gasteiger partial charge < -0.3 is 10.6 Å². The van der Waals surface area contributed by atoms with Gasteiger partial charge in [0, 0.05) is 36.6 Å². The van der Waals surface area contributed by atoms with Crippen LogP contribution in [0.1, 0.15) is 48.0 Å². The van der Waals surface area contributed by atoms with E-state index in [0.29, 0.717) is 11.3 Å². The first-order valence-corrected chi connectivity index (χ1v) is 9.83. The Bertz CT molecular complexity index is 1030. The molecule has 1 aliphatic rings. The maximum Gasteiger partial charge on any atom is 0.331 e. The van der Waals surface area contributed by atoms with E-state index >= 15 is 0 Å². The third-order valence-electron chi connectivity index (χ3n) is 5.28. The zero-order valence-corrected chi connectivity index (χ0v) is 16.7. The molecule has 1 heterocycles. The van der Waals surface area contributed by atoms with Crippen molar-refractivity contribution in [2.45, 2.75) is 51.6 Å². The highest BCUT2D eigenvalue weighted by Gasteiger charge is 2.17. The second kappa shape index (κ2) is 8.89. The van der Waals surface area contributed by atoms with Gasteiger partial charge in [-0.1, -0.05) is 19.3 Å². The maximum absolute atomic E-state index is 12.5. The number of amides is 2. The molecule has 2 aromatic rings. The second-order valence-electron chi connectivity index (χ2n) is 7.51. The lowest BCUT2D eigenvalue weighted by Gasteiger charge is -2.23. The summed E-state index contributed by atoms with van der Waals surface area (Å²) in [4.78, 5) is 48.3. The average molecular weight is 398 g/mol. The van der Waals surface area contributed by atoms with Crippen LogP contribution in [0.3, 0.4) is 0 Å². The van der Waals surface area contributed by atoms with Gasteiger partial charge in [-0.05, 0) is 43.5 Å². The van der Waals surface area contributed by atoms with Gasteiger partial charge in [-0.25, -0.2) is 4.79 Å². The molecule has 0 aliphatic heterocycles. The minimum absolute atomic E-state index is 0.102. The maximum atomic E-state index is 12.5. The normalized spacial score (nSPS) is 14.4. The molecule has 3 rings (SSSR count). The van der Waals surface area contributed by atoms with Crippen LogP contribution in [-0.2, 0) is 18.4 Å². The molecule has 0 saturated heterocycles. The Labute approximate surface area is 168 Å². The highest BCUT2D eigenvalue weighted by atomic mass is 16.2. The molecule has 1 fully saturated rings. The van der Waals surface area contributed by atoms with E-state index in [2.05, 4.69) is 10.6 Å². The van der Waals surface area contributed by atoms with Crippen LogP contribution in [0.4, 0.5) is 5.69 Å². The molecule has 1 aromatic carbocycles. The summed E-state index contributed by atoms with van der Waals surface area (Å²) in [7, 11) is 1.36. The van der Waals surface area contributed by atoms with Crippen molar-refractivity contribution in [1.29, 1.82) is 0 Å². The van der Waals surface area contributed by atoms with Crippen molar-refractivity contribution < 1.29 is 9.59 Å². The highest BCUT2D eigenvalue weighted by molar-refractivity contribution is 5.96. The number of anilines is 1. The van der Waals surface area contributed by atoms with Crippen LogP contribution >= 0.6 is 0 Å². The van der Waals surface area contributed by atoms with Crippen molar-refractivity contribution in [3.05, 3.63) is 62.4 Å². The molecule has 0 spiro atoms. The van der Waals surface area contributed by atoms with E-state index < -0.39 is 17.2 Å². The molecule has 1 aromatic heterocycles. The molecule has 1 saturated carbocycles. The second-order valence-corrected chi connectivity index (χ2v) is 7.51. The van der Waals surface area contributed by atoms with Gasteiger partial charge in [-0.3, -0.25) is 23.5 Å². The Morgan fingerprint density at radius 1 is 1.10 bits per heavy atom. The lowest BCUT2D eigenvalue weighted by atomic mass is 9.95. The predicted molar refractivity (Wildman–Crippen MR) is 110 cm³/mol. The Morgan fingerprint density at radius 2 is 1.83 bits per heavy atom. The first kappa shape index (κ1) is 20.6. The van der Waals surface area contributed by atoms with Crippen LogP contribution in [-0.4, -0.2) is 27.0 Å². The summed E-state index contributed by atoms with van der Waals surface area (Å²) in [5.41, 5.74) is 0.897. The minimum atomic E-state index is -0.556. The fraction of sp³-hybridized carbons (Fsp3) is 0.429. The number of benzene rings is 1. The number of nitrogens with one attached hydrogen (secondary N) is 2. The van der Waals surface area contributed by atoms with Gasteiger partial charge in [0.1, 0.15) is 6.54 Å². The quantitative estimate of drug-likeness (QED) is 0.798. The number of carbonyl (C=O) groups is 2. The van der Waals surface area contributed by atoms with Gasteiger partial charge in [0.15, 0.2) is 0 Å². The minimum Gasteiger partial charge on any atom is -0.349 e. The molecule has 29 heavy (non-hydrogen) atoms. The zero-order valence-electron chi connectivity index (χ0n) is 16.7. The first-order chi connectivity index (χ1) is 13.8. The topological polar surface area (TPSA) is 102 Å². The van der Waals surface area contributed by atoms with Gasteiger partial charge in [-0.2, -0.15) is 0 Å². The number of hydrogen-bond acceptors (Lipinski definition) is 4. The van der Waals surface area contributed by atoms with Crippen molar-refractivity contribution in [2.75, 3.05) is 5.32 Å². The number of aromatic nitrogens is 2. The summed E-state index contributed by atoms with van der Waals surface area (Å²) < 4.78 is 2.11. The zero-order chi connectivity index (χ0) is 21.0. The smallest absolute Gasteiger partial charge is 0.331 e. The van der Waals surface area contributed by atoms with Gasteiger partial charge in [-0.15, -0.1) is 0 Å². The number of nitrogens with zero attached hydrogens (tertiary/aromatic N) is 2. The van der Waals surface area contributed by atoms with Gasteiger partial charge in [0.25, 0.3) is 11.5 Å². The summed E-state index contributed by atoms with van der Waals surface area (Å²) in [6.07, 6.45) is 6.86. The van der Waals surface area contributed by atoms with Crippen molar-refractivity contribution in [3.8, 4) is 0 Å². The van der Waals surface area contributed by atoms with Crippen molar-refractivity contribution >= 4 is 17.5 Å². The standard InChI is InChI=1S/C21H26N4O4/c1-14-12-15(20(28)22-16-6-4-3-5-7-16)8-9-17(14)23-18(26)13-25-11-10-19(27)24(2)21(25)29/h8-12,16H,3-7,13H2,1-2H3,(H,22,28)(H,23,26). The Morgan fingerprint density at radius 3 is 2.52 bits per heavy atom. The van der Waals surface area contributed by atoms with E-state index in [1.807, 2.05) is 6.92 Å². The van der Waals surface area contributed by atoms with Crippen LogP contribution in [0.5, 0.6) is 0 Å². The van der Waals surface area contributed by atoms with E-state index in [-0.39, 0.29) is 18.5 Å². The molecule has 154 valence electrons. The van der Waals surface area contributed by atoms with E-state index in [4.69, 9.17) is 0 Å². The van der Waals surface area contributed by atoms with Crippen molar-refractivity contribution in [3.63, 3.8) is 0 Å². The average Bonchev–Trinajstić information content (AvgIpc) is 2.70. The van der Waals surface area contributed by atoms with Crippen LogP contribution in [0, 0.1) is 6.92 Å². The molecule has 2 amide bonds. The van der Waals surface area contributed by atoms with E-state index in [9.17, 15) is 19.2 Å². The summed E-state index contributed by atoms with van der Waals surface area (Å²) >= 11 is 0. The highest BCUT2D eigenvalue weighted by Crippen LogP contribution is 2.20. The molecule has 1 aliphatic carbocycles. The lowest BCUT2D eigenvalue weighted by molar-refractivity contribution is -0.116. The van der Waals surface area contributed by atoms with Gasteiger partial charge in [0.2, 0.25) is 5.91 Å². The van der Waals surface area contributed by atoms with Crippen LogP contribution in [0.2, 0.25) is 0 Å². The fourth-order valence-corrected chi connectivity index (χ4v) is 3.54. The summed E-state index contributed by atoms with van der Waals surface area (Å²) in [6.45, 7) is 1.60. The molecule has 8 nitrogen and oxygen atoms in total. The molecule has 2 N–H and O–H groups in total. The van der Waals surface area contributed by atoms with Gasteiger partial charge in [0.05, 0.1) is 0 Å². The van der Waals surface area contributed by atoms with E-state index in [0.717, 1.165) is 40.4 Å². The Hall–Kier alpha value is -3.16. The molecular formula is C21H26N4O4. The van der Waals surface area contributed by atoms with Crippen LogP contribution < -0.4 is 21.9 Å². The van der Waals surface area contributed by atoms with E-state index in [1.54, 1.807) is 18.2 Å². The number of rotatable bonds is 5. The Balaban J connectivity index is 1.65. The van der Waals surface area contributed by atoms with Crippen LogP contribution in [0.15, 0.2) is 40.1 Å². The van der Waals surface area contributed by atoms with Crippen molar-refractivity contribution in [2.24, 2.45) is 7.05 Å². The van der Waals surface area contributed by atoms with E-state index in [1.165, 1.54) is 25.7 Å². The fourth-order valence-electron chi connectivity index (χ4n) is 3.54. The summed E-state index contributed by atoms with van der Waals surface area (Å²) in [5, 5.41) is 5.83. The SMILES string of the molecule is Cc1cc(C(=O)NC2CCCCC2)ccc1NC(=O)Cn1ccc(=O)n(C)c1=O. The number of hydrogen-bond donors (Lipinski definition) is 2. The molecule has 0 bridgehead atoms. The third-order valence-corrected chi connectivity index (χ3v) is 5.28.